The number of nitrogens with zero attached hydrogens (tertiary/aromatic N) is 3. The summed E-state index contributed by atoms with van der Waals surface area (Å²) in [6, 6.07) is 6.29. The zero-order chi connectivity index (χ0) is 17.0. The molecule has 0 radical (unpaired) electrons. The first kappa shape index (κ1) is 17.3. The van der Waals surface area contributed by atoms with E-state index in [1.54, 1.807) is 31.3 Å². The molecule has 0 saturated carbocycles. The van der Waals surface area contributed by atoms with Crippen LogP contribution < -0.4 is 5.73 Å². The number of benzene rings is 1. The molecule has 3 rings (SSSR count). The van der Waals surface area contributed by atoms with Crippen molar-refractivity contribution in [2.24, 2.45) is 10.7 Å². The van der Waals surface area contributed by atoms with E-state index in [1.807, 2.05) is 13.8 Å². The molecule has 120 valence electrons. The number of nitrogens with two attached hydrogens (primary N) is 1. The minimum atomic E-state index is -0.408. The van der Waals surface area contributed by atoms with Gasteiger partial charge in [0.15, 0.2) is 5.82 Å². The molecule has 0 atom stereocenters. The quantitative estimate of drug-likeness (QED) is 0.511. The maximum absolute atomic E-state index is 14.0. The molecule has 0 aliphatic carbocycles. The number of halogens is 2. The molecule has 0 aliphatic rings. The predicted molar refractivity (Wildman–Crippen MR) is 96.1 cm³/mol. The van der Waals surface area contributed by atoms with Gasteiger partial charge in [-0.25, -0.2) is 19.4 Å². The van der Waals surface area contributed by atoms with E-state index in [2.05, 4.69) is 15.0 Å². The summed E-state index contributed by atoms with van der Waals surface area (Å²) in [5, 5.41) is 0.814. The van der Waals surface area contributed by atoms with E-state index in [4.69, 9.17) is 17.3 Å². The topological polar surface area (TPSA) is 64.2 Å². The Morgan fingerprint density at radius 1 is 1.30 bits per heavy atom. The Labute approximate surface area is 142 Å². The second kappa shape index (κ2) is 7.48. The van der Waals surface area contributed by atoms with Crippen LogP contribution in [-0.2, 0) is 0 Å². The number of aromatic nitrogens is 2. The summed E-state index contributed by atoms with van der Waals surface area (Å²) in [7, 11) is 0. The van der Waals surface area contributed by atoms with Gasteiger partial charge in [0.05, 0.1) is 26.6 Å². The highest BCUT2D eigenvalue weighted by molar-refractivity contribution is 7.22. The fourth-order valence-electron chi connectivity index (χ4n) is 1.90. The number of aliphatic imine (C=N–C) groups is 1. The summed E-state index contributed by atoms with van der Waals surface area (Å²) >= 11 is 7.37. The standard InChI is InChI=1S/C14H10ClFN4S.C2H6/c1-7(17)19-13-12-10(5-6-18-13)20-14(21-12)11-8(15)3-2-4-9(11)16;1-2/h2-6H,1H3,(H2,17,18,19);1-2H3. The summed E-state index contributed by atoms with van der Waals surface area (Å²) in [5.74, 6) is 0.465. The van der Waals surface area contributed by atoms with Crippen LogP contribution in [0.25, 0.3) is 20.8 Å². The Hall–Kier alpha value is -2.05. The smallest absolute Gasteiger partial charge is 0.173 e. The zero-order valence-corrected chi connectivity index (χ0v) is 14.5. The summed E-state index contributed by atoms with van der Waals surface area (Å²) in [5.41, 5.74) is 6.57. The normalized spacial score (nSPS) is 11.3. The third-order valence-corrected chi connectivity index (χ3v) is 4.14. The first-order valence-electron chi connectivity index (χ1n) is 7.07. The lowest BCUT2D eigenvalue weighted by molar-refractivity contribution is 0.631. The van der Waals surface area contributed by atoms with E-state index in [-0.39, 0.29) is 0 Å². The van der Waals surface area contributed by atoms with Gasteiger partial charge in [-0.2, -0.15) is 0 Å². The first-order valence-corrected chi connectivity index (χ1v) is 8.26. The van der Waals surface area contributed by atoms with Crippen LogP contribution in [0.15, 0.2) is 35.5 Å². The molecule has 2 aromatic heterocycles. The second-order valence-corrected chi connectivity index (χ2v) is 5.76. The van der Waals surface area contributed by atoms with Gasteiger partial charge in [-0.15, -0.1) is 11.3 Å². The fraction of sp³-hybridized carbons (Fsp3) is 0.188. The van der Waals surface area contributed by atoms with Crippen molar-refractivity contribution in [3.05, 3.63) is 41.3 Å². The minimum Gasteiger partial charge on any atom is -0.387 e. The molecule has 0 aliphatic heterocycles. The van der Waals surface area contributed by atoms with Crippen LogP contribution in [0.5, 0.6) is 0 Å². The molecule has 3 aromatic rings. The lowest BCUT2D eigenvalue weighted by Crippen LogP contribution is -2.04. The van der Waals surface area contributed by atoms with Gasteiger partial charge in [0.2, 0.25) is 0 Å². The molecule has 2 heterocycles. The van der Waals surface area contributed by atoms with Crippen LogP contribution in [0, 0.1) is 5.82 Å². The van der Waals surface area contributed by atoms with E-state index < -0.39 is 5.82 Å². The van der Waals surface area contributed by atoms with Gasteiger partial charge in [0.25, 0.3) is 0 Å². The number of thiazole rings is 1. The Morgan fingerprint density at radius 2 is 2.04 bits per heavy atom. The van der Waals surface area contributed by atoms with Gasteiger partial charge in [-0.1, -0.05) is 31.5 Å². The molecule has 0 saturated heterocycles. The van der Waals surface area contributed by atoms with Crippen LogP contribution in [0.1, 0.15) is 20.8 Å². The van der Waals surface area contributed by atoms with Gasteiger partial charge in [0, 0.05) is 6.20 Å². The third-order valence-electron chi connectivity index (χ3n) is 2.74. The molecule has 4 nitrogen and oxygen atoms in total. The van der Waals surface area contributed by atoms with E-state index in [0.717, 1.165) is 4.70 Å². The van der Waals surface area contributed by atoms with E-state index in [9.17, 15) is 4.39 Å². The average Bonchev–Trinajstić information content (AvgIpc) is 2.93. The van der Waals surface area contributed by atoms with Crippen molar-refractivity contribution >= 4 is 44.8 Å². The molecule has 0 fully saturated rings. The van der Waals surface area contributed by atoms with Gasteiger partial charge in [0.1, 0.15) is 10.8 Å². The van der Waals surface area contributed by atoms with Crippen LogP contribution in [-0.4, -0.2) is 15.8 Å². The maximum Gasteiger partial charge on any atom is 0.173 e. The Morgan fingerprint density at radius 3 is 2.70 bits per heavy atom. The molecule has 1 aromatic carbocycles. The van der Waals surface area contributed by atoms with Crippen molar-refractivity contribution in [1.82, 2.24) is 9.97 Å². The van der Waals surface area contributed by atoms with E-state index >= 15 is 0 Å². The highest BCUT2D eigenvalue weighted by atomic mass is 35.5. The molecule has 0 amide bonds. The number of hydrogen-bond donors (Lipinski definition) is 1. The van der Waals surface area contributed by atoms with Crippen molar-refractivity contribution in [2.45, 2.75) is 20.8 Å². The lowest BCUT2D eigenvalue weighted by atomic mass is 10.2. The highest BCUT2D eigenvalue weighted by Crippen LogP contribution is 2.38. The minimum absolute atomic E-state index is 0.291. The number of amidine groups is 1. The van der Waals surface area contributed by atoms with Crippen LogP contribution in [0.3, 0.4) is 0 Å². The molecular formula is C16H16ClFN4S. The van der Waals surface area contributed by atoms with Gasteiger partial charge in [-0.3, -0.25) is 0 Å². The van der Waals surface area contributed by atoms with Gasteiger partial charge >= 0.3 is 0 Å². The van der Waals surface area contributed by atoms with E-state index in [0.29, 0.717) is 32.8 Å². The Kier molecular flexibility index (Phi) is 5.63. The van der Waals surface area contributed by atoms with Crippen LogP contribution in [0.2, 0.25) is 5.02 Å². The maximum atomic E-state index is 14.0. The summed E-state index contributed by atoms with van der Waals surface area (Å²) in [6.07, 6.45) is 1.59. The molecular weight excluding hydrogens is 335 g/mol. The number of pyridine rings is 1. The van der Waals surface area contributed by atoms with Crippen LogP contribution in [0.4, 0.5) is 10.2 Å². The molecule has 0 bridgehead atoms. The zero-order valence-electron chi connectivity index (χ0n) is 13.0. The average molecular weight is 351 g/mol. The van der Waals surface area contributed by atoms with Crippen molar-refractivity contribution in [1.29, 1.82) is 0 Å². The predicted octanol–water partition coefficient (Wildman–Crippen LogP) is 5.19. The second-order valence-electron chi connectivity index (χ2n) is 4.35. The summed E-state index contributed by atoms with van der Waals surface area (Å²) < 4.78 is 14.7. The van der Waals surface area contributed by atoms with Gasteiger partial charge in [-0.05, 0) is 25.1 Å². The highest BCUT2D eigenvalue weighted by Gasteiger charge is 2.16. The SMILES string of the molecule is CC.CC(N)=Nc1nccc2nc(-c3c(F)cccc3Cl)sc12. The van der Waals surface area contributed by atoms with Crippen molar-refractivity contribution in [3.63, 3.8) is 0 Å². The number of hydrogen-bond acceptors (Lipinski definition) is 4. The summed E-state index contributed by atoms with van der Waals surface area (Å²) in [4.78, 5) is 12.8. The first-order chi connectivity index (χ1) is 11.1. The van der Waals surface area contributed by atoms with Crippen molar-refractivity contribution < 1.29 is 4.39 Å². The van der Waals surface area contributed by atoms with Gasteiger partial charge < -0.3 is 5.73 Å². The Bertz CT molecular complexity index is 836. The summed E-state index contributed by atoms with van der Waals surface area (Å²) in [6.45, 7) is 5.68. The molecule has 23 heavy (non-hydrogen) atoms. The number of fused-ring (bicyclic) bond motifs is 1. The molecule has 0 unspecified atom stereocenters. The van der Waals surface area contributed by atoms with Crippen molar-refractivity contribution in [3.8, 4) is 10.6 Å². The van der Waals surface area contributed by atoms with Crippen LogP contribution >= 0.6 is 22.9 Å². The lowest BCUT2D eigenvalue weighted by Gasteiger charge is -2.00. The van der Waals surface area contributed by atoms with Crippen molar-refractivity contribution in [2.75, 3.05) is 0 Å². The monoisotopic (exact) mass is 350 g/mol. The molecule has 0 spiro atoms. The molecule has 7 heteroatoms. The molecule has 2 N–H and O–H groups in total. The van der Waals surface area contributed by atoms with E-state index in [1.165, 1.54) is 17.4 Å². The largest absolute Gasteiger partial charge is 0.387 e. The third kappa shape index (κ3) is 3.65. The fourth-order valence-corrected chi connectivity index (χ4v) is 3.26. The number of rotatable bonds is 2. The Balaban J connectivity index is 0.000000924.